The molecule has 25 heavy (non-hydrogen) atoms. The number of hydrogen-bond acceptors (Lipinski definition) is 5. The molecular formula is C18H22N4O2S. The molecule has 0 aliphatic rings. The summed E-state index contributed by atoms with van der Waals surface area (Å²) in [6.45, 7) is 9.63. The average molecular weight is 358 g/mol. The Hall–Kier alpha value is -2.28. The molecule has 0 aromatic carbocycles. The molecule has 1 amide bonds. The Balaban J connectivity index is 2.13. The van der Waals surface area contributed by atoms with E-state index in [1.807, 2.05) is 33.8 Å². The van der Waals surface area contributed by atoms with Gasteiger partial charge in [0.2, 0.25) is 5.91 Å². The molecule has 1 N–H and O–H groups in total. The summed E-state index contributed by atoms with van der Waals surface area (Å²) >= 11 is 1.35. The Bertz CT molecular complexity index is 1040. The summed E-state index contributed by atoms with van der Waals surface area (Å²) in [6, 6.07) is 2.08. The van der Waals surface area contributed by atoms with Crippen molar-refractivity contribution in [2.45, 2.75) is 53.6 Å². The first-order chi connectivity index (χ1) is 11.8. The fourth-order valence-electron chi connectivity index (χ4n) is 2.92. The third kappa shape index (κ3) is 3.16. The highest BCUT2D eigenvalue weighted by molar-refractivity contribution is 7.25. The fourth-order valence-corrected chi connectivity index (χ4v) is 4.10. The molecule has 0 unspecified atom stereocenters. The number of pyridine rings is 1. The average Bonchev–Trinajstić information content (AvgIpc) is 2.89. The molecule has 0 bridgehead atoms. The molecule has 0 saturated carbocycles. The number of aromatic nitrogens is 3. The van der Waals surface area contributed by atoms with Crippen molar-refractivity contribution in [3.05, 3.63) is 33.5 Å². The maximum Gasteiger partial charge on any atom is 0.272 e. The van der Waals surface area contributed by atoms with Crippen LogP contribution in [0.15, 0.2) is 10.9 Å². The molecule has 0 fully saturated rings. The van der Waals surface area contributed by atoms with Crippen molar-refractivity contribution in [2.75, 3.05) is 0 Å². The van der Waals surface area contributed by atoms with Crippen LogP contribution in [0.4, 0.5) is 0 Å². The highest BCUT2D eigenvalue weighted by atomic mass is 32.1. The summed E-state index contributed by atoms with van der Waals surface area (Å²) in [4.78, 5) is 35.1. The van der Waals surface area contributed by atoms with Gasteiger partial charge in [0.1, 0.15) is 21.9 Å². The van der Waals surface area contributed by atoms with Crippen molar-refractivity contribution in [3.8, 4) is 0 Å². The molecule has 0 aliphatic heterocycles. The van der Waals surface area contributed by atoms with E-state index in [0.717, 1.165) is 27.9 Å². The van der Waals surface area contributed by atoms with E-state index < -0.39 is 0 Å². The number of aryl methyl sites for hydroxylation is 3. The first kappa shape index (κ1) is 17.5. The third-order valence-electron chi connectivity index (χ3n) is 4.39. The molecule has 3 aromatic rings. The summed E-state index contributed by atoms with van der Waals surface area (Å²) in [6.07, 6.45) is 0.845. The number of nitrogens with one attached hydrogen (secondary N) is 1. The van der Waals surface area contributed by atoms with Crippen LogP contribution in [0.25, 0.3) is 20.4 Å². The fraction of sp³-hybridized carbons (Fsp3) is 0.444. The third-order valence-corrected chi connectivity index (χ3v) is 5.45. The lowest BCUT2D eigenvalue weighted by Gasteiger charge is -2.13. The highest BCUT2D eigenvalue weighted by Gasteiger charge is 2.18. The van der Waals surface area contributed by atoms with Crippen LogP contribution in [0, 0.1) is 20.8 Å². The monoisotopic (exact) mass is 358 g/mol. The first-order valence-corrected chi connectivity index (χ1v) is 9.20. The topological polar surface area (TPSA) is 76.9 Å². The highest BCUT2D eigenvalue weighted by Crippen LogP contribution is 2.32. The van der Waals surface area contributed by atoms with Gasteiger partial charge < -0.3 is 5.32 Å². The van der Waals surface area contributed by atoms with Crippen LogP contribution in [-0.4, -0.2) is 26.5 Å². The number of thiophene rings is 1. The minimum Gasteiger partial charge on any atom is -0.352 e. The smallest absolute Gasteiger partial charge is 0.272 e. The van der Waals surface area contributed by atoms with E-state index in [1.54, 1.807) is 6.92 Å². The molecule has 6 nitrogen and oxygen atoms in total. The van der Waals surface area contributed by atoms with Crippen LogP contribution in [0.1, 0.15) is 37.4 Å². The van der Waals surface area contributed by atoms with E-state index in [1.165, 1.54) is 15.9 Å². The molecule has 1 atom stereocenters. The van der Waals surface area contributed by atoms with Crippen LogP contribution < -0.4 is 10.9 Å². The normalized spacial score (nSPS) is 12.7. The second-order valence-corrected chi connectivity index (χ2v) is 7.47. The Kier molecular flexibility index (Phi) is 4.60. The van der Waals surface area contributed by atoms with Crippen molar-refractivity contribution < 1.29 is 4.79 Å². The van der Waals surface area contributed by atoms with Crippen molar-refractivity contribution in [1.82, 2.24) is 19.9 Å². The van der Waals surface area contributed by atoms with Crippen LogP contribution in [-0.2, 0) is 11.3 Å². The van der Waals surface area contributed by atoms with Crippen molar-refractivity contribution >= 4 is 37.7 Å². The van der Waals surface area contributed by atoms with E-state index in [2.05, 4.69) is 15.3 Å². The zero-order valence-electron chi connectivity index (χ0n) is 15.1. The number of carbonyl (C=O) groups is 1. The van der Waals surface area contributed by atoms with Gasteiger partial charge in [-0.05, 0) is 45.7 Å². The quantitative estimate of drug-likeness (QED) is 0.778. The predicted octanol–water partition coefficient (Wildman–Crippen LogP) is 2.85. The van der Waals surface area contributed by atoms with Gasteiger partial charge in [0.25, 0.3) is 5.56 Å². The molecule has 3 heterocycles. The van der Waals surface area contributed by atoms with E-state index in [9.17, 15) is 9.59 Å². The lowest BCUT2D eigenvalue weighted by Crippen LogP contribution is -2.37. The summed E-state index contributed by atoms with van der Waals surface area (Å²) in [5, 5.41) is 3.82. The summed E-state index contributed by atoms with van der Waals surface area (Å²) in [7, 11) is 0. The van der Waals surface area contributed by atoms with Gasteiger partial charge in [0.15, 0.2) is 0 Å². The maximum atomic E-state index is 12.9. The van der Waals surface area contributed by atoms with Gasteiger partial charge in [-0.1, -0.05) is 6.92 Å². The molecule has 7 heteroatoms. The lowest BCUT2D eigenvalue weighted by molar-refractivity contribution is -0.122. The predicted molar refractivity (Wildman–Crippen MR) is 101 cm³/mol. The Labute approximate surface area is 149 Å². The van der Waals surface area contributed by atoms with Gasteiger partial charge in [-0.25, -0.2) is 9.97 Å². The molecule has 3 rings (SSSR count). The summed E-state index contributed by atoms with van der Waals surface area (Å²) in [5.74, 6) is 0.364. The maximum absolute atomic E-state index is 12.9. The Morgan fingerprint density at radius 1 is 1.32 bits per heavy atom. The number of nitrogens with zero attached hydrogens (tertiary/aromatic N) is 3. The standard InChI is InChI=1S/C18H22N4O2S/c1-6-10(3)19-13(23)8-22-12(5)21-15-14-9(2)7-11(4)20-17(14)25-16(15)18(22)24/h7,10H,6,8H2,1-5H3,(H,19,23)/t10-/m1/s1. The molecule has 0 radical (unpaired) electrons. The van der Waals surface area contributed by atoms with Crippen molar-refractivity contribution in [1.29, 1.82) is 0 Å². The van der Waals surface area contributed by atoms with Gasteiger partial charge in [0, 0.05) is 17.1 Å². The van der Waals surface area contributed by atoms with Gasteiger partial charge in [0.05, 0.1) is 5.52 Å². The summed E-state index contributed by atoms with van der Waals surface area (Å²) in [5.41, 5.74) is 2.49. The van der Waals surface area contributed by atoms with E-state index in [0.29, 0.717) is 16.0 Å². The molecule has 132 valence electrons. The number of rotatable bonds is 4. The number of carbonyl (C=O) groups excluding carboxylic acids is 1. The number of amides is 1. The first-order valence-electron chi connectivity index (χ1n) is 8.39. The Morgan fingerprint density at radius 2 is 2.04 bits per heavy atom. The second-order valence-electron chi connectivity index (χ2n) is 6.47. The molecule has 3 aromatic heterocycles. The van der Waals surface area contributed by atoms with E-state index in [4.69, 9.17) is 0 Å². The largest absolute Gasteiger partial charge is 0.352 e. The van der Waals surface area contributed by atoms with E-state index >= 15 is 0 Å². The Morgan fingerprint density at radius 3 is 2.72 bits per heavy atom. The second kappa shape index (κ2) is 6.55. The molecule has 0 spiro atoms. The number of hydrogen-bond donors (Lipinski definition) is 1. The minimum absolute atomic E-state index is 0.0162. The van der Waals surface area contributed by atoms with Gasteiger partial charge in [-0.15, -0.1) is 11.3 Å². The summed E-state index contributed by atoms with van der Waals surface area (Å²) < 4.78 is 2.00. The van der Waals surface area contributed by atoms with Crippen LogP contribution in [0.2, 0.25) is 0 Å². The van der Waals surface area contributed by atoms with E-state index in [-0.39, 0.29) is 24.1 Å². The van der Waals surface area contributed by atoms with Crippen molar-refractivity contribution in [3.63, 3.8) is 0 Å². The number of fused-ring (bicyclic) bond motifs is 3. The van der Waals surface area contributed by atoms with Crippen LogP contribution in [0.5, 0.6) is 0 Å². The van der Waals surface area contributed by atoms with Gasteiger partial charge in [-0.2, -0.15) is 0 Å². The van der Waals surface area contributed by atoms with Gasteiger partial charge >= 0.3 is 0 Å². The van der Waals surface area contributed by atoms with Gasteiger partial charge in [-0.3, -0.25) is 14.2 Å². The molecular weight excluding hydrogens is 336 g/mol. The van der Waals surface area contributed by atoms with Crippen LogP contribution in [0.3, 0.4) is 0 Å². The van der Waals surface area contributed by atoms with Crippen molar-refractivity contribution in [2.24, 2.45) is 0 Å². The SMILES string of the molecule is CC[C@@H](C)NC(=O)Cn1c(C)nc2c(sc3nc(C)cc(C)c32)c1=O. The molecule has 0 saturated heterocycles. The minimum atomic E-state index is -0.179. The van der Waals surface area contributed by atoms with Crippen LogP contribution >= 0.6 is 11.3 Å². The zero-order valence-corrected chi connectivity index (χ0v) is 16.0. The lowest BCUT2D eigenvalue weighted by atomic mass is 10.1. The zero-order chi connectivity index (χ0) is 18.3. The molecule has 0 aliphatic carbocycles.